The van der Waals surface area contributed by atoms with Crippen molar-refractivity contribution in [1.82, 2.24) is 4.90 Å². The van der Waals surface area contributed by atoms with E-state index in [9.17, 15) is 9.18 Å². The molecule has 0 aromatic heterocycles. The van der Waals surface area contributed by atoms with Crippen molar-refractivity contribution in [2.24, 2.45) is 0 Å². The number of carbonyl (C=O) groups excluding carboxylic acids is 1. The van der Waals surface area contributed by atoms with Gasteiger partial charge in [-0.1, -0.05) is 12.1 Å². The maximum absolute atomic E-state index is 12.5. The molecule has 0 aliphatic heterocycles. The summed E-state index contributed by atoms with van der Waals surface area (Å²) in [5.74, 6) is -0.213. The van der Waals surface area contributed by atoms with Gasteiger partial charge in [0.05, 0.1) is 6.54 Å². The van der Waals surface area contributed by atoms with Crippen LogP contribution >= 0.6 is 0 Å². The van der Waals surface area contributed by atoms with Gasteiger partial charge in [-0.25, -0.2) is 4.39 Å². The monoisotopic (exact) mass is 195 g/mol. The maximum Gasteiger partial charge on any atom is 0.133 e. The predicted molar refractivity (Wildman–Crippen MR) is 53.7 cm³/mol. The highest BCUT2D eigenvalue weighted by Crippen LogP contribution is 2.03. The van der Waals surface area contributed by atoms with Gasteiger partial charge in [0.2, 0.25) is 0 Å². The Balaban J connectivity index is 2.37. The molecule has 0 heterocycles. The molecule has 3 heteroatoms. The number of hydrogen-bond donors (Lipinski definition) is 0. The number of aldehydes is 1. The molecule has 0 aliphatic rings. The largest absolute Gasteiger partial charge is 0.302 e. The van der Waals surface area contributed by atoms with E-state index >= 15 is 0 Å². The molecule has 1 aromatic rings. The van der Waals surface area contributed by atoms with Gasteiger partial charge in [0.25, 0.3) is 0 Å². The van der Waals surface area contributed by atoms with Crippen LogP contribution in [0, 0.1) is 5.82 Å². The second-order valence-corrected chi connectivity index (χ2v) is 3.31. The molecule has 2 nitrogen and oxygen atoms in total. The zero-order valence-corrected chi connectivity index (χ0v) is 8.24. The molecule has 0 saturated carbocycles. The van der Waals surface area contributed by atoms with Gasteiger partial charge < -0.3 is 4.79 Å². The van der Waals surface area contributed by atoms with Crippen LogP contribution in [0.1, 0.15) is 5.56 Å². The Labute approximate surface area is 83.3 Å². The van der Waals surface area contributed by atoms with E-state index in [0.717, 1.165) is 24.8 Å². The highest BCUT2D eigenvalue weighted by molar-refractivity contribution is 5.51. The lowest BCUT2D eigenvalue weighted by molar-refractivity contribution is -0.108. The van der Waals surface area contributed by atoms with Crippen molar-refractivity contribution in [3.05, 3.63) is 35.6 Å². The van der Waals surface area contributed by atoms with Crippen LogP contribution in [0.3, 0.4) is 0 Å². The molecule has 1 rings (SSSR count). The fraction of sp³-hybridized carbons (Fsp3) is 0.364. The molecule has 0 fully saturated rings. The summed E-state index contributed by atoms with van der Waals surface area (Å²) >= 11 is 0. The zero-order chi connectivity index (χ0) is 10.4. The van der Waals surface area contributed by atoms with Crippen LogP contribution in [0.2, 0.25) is 0 Å². The molecule has 0 unspecified atom stereocenters. The van der Waals surface area contributed by atoms with Crippen molar-refractivity contribution in [2.75, 3.05) is 20.1 Å². The standard InChI is InChI=1S/C11H14FNO/c1-13(8-9-14)7-6-10-2-4-11(12)5-3-10/h2-5,9H,6-8H2,1H3. The Morgan fingerprint density at radius 3 is 2.57 bits per heavy atom. The minimum absolute atomic E-state index is 0.213. The molecule has 0 spiro atoms. The van der Waals surface area contributed by atoms with Crippen LogP contribution < -0.4 is 0 Å². The SMILES string of the molecule is CN(CC=O)CCc1ccc(F)cc1. The number of hydrogen-bond acceptors (Lipinski definition) is 2. The van der Waals surface area contributed by atoms with Gasteiger partial charge in [-0.3, -0.25) is 4.90 Å². The molecule has 0 atom stereocenters. The number of likely N-dealkylation sites (N-methyl/N-ethyl adjacent to an activating group) is 1. The van der Waals surface area contributed by atoms with Gasteiger partial charge in [0.15, 0.2) is 0 Å². The van der Waals surface area contributed by atoms with E-state index < -0.39 is 0 Å². The molecule has 0 amide bonds. The van der Waals surface area contributed by atoms with E-state index in [-0.39, 0.29) is 5.82 Å². The average molecular weight is 195 g/mol. The molecular weight excluding hydrogens is 181 g/mol. The second kappa shape index (κ2) is 5.50. The minimum Gasteiger partial charge on any atom is -0.302 e. The Hall–Kier alpha value is -1.22. The lowest BCUT2D eigenvalue weighted by Crippen LogP contribution is -2.23. The van der Waals surface area contributed by atoms with Gasteiger partial charge in [-0.2, -0.15) is 0 Å². The number of rotatable bonds is 5. The van der Waals surface area contributed by atoms with Crippen LogP contribution in [-0.4, -0.2) is 31.3 Å². The van der Waals surface area contributed by atoms with Gasteiger partial charge in [-0.05, 0) is 31.2 Å². The fourth-order valence-electron chi connectivity index (χ4n) is 1.19. The van der Waals surface area contributed by atoms with Crippen molar-refractivity contribution in [2.45, 2.75) is 6.42 Å². The number of benzene rings is 1. The summed E-state index contributed by atoms with van der Waals surface area (Å²) in [5, 5.41) is 0. The first-order valence-corrected chi connectivity index (χ1v) is 4.59. The smallest absolute Gasteiger partial charge is 0.133 e. The molecule has 0 saturated heterocycles. The summed E-state index contributed by atoms with van der Waals surface area (Å²) in [6.07, 6.45) is 1.72. The quantitative estimate of drug-likeness (QED) is 0.663. The van der Waals surface area contributed by atoms with Crippen LogP contribution in [0.4, 0.5) is 4.39 Å². The van der Waals surface area contributed by atoms with Crippen LogP contribution in [0.15, 0.2) is 24.3 Å². The molecule has 0 aliphatic carbocycles. The Kier molecular flexibility index (Phi) is 4.26. The molecule has 76 valence electrons. The van der Waals surface area contributed by atoms with Crippen LogP contribution in [0.5, 0.6) is 0 Å². The fourth-order valence-corrected chi connectivity index (χ4v) is 1.19. The third-order valence-electron chi connectivity index (χ3n) is 2.08. The molecule has 1 aromatic carbocycles. The van der Waals surface area contributed by atoms with Crippen molar-refractivity contribution in [3.63, 3.8) is 0 Å². The van der Waals surface area contributed by atoms with E-state index in [4.69, 9.17) is 0 Å². The van der Waals surface area contributed by atoms with E-state index in [0.29, 0.717) is 6.54 Å². The van der Waals surface area contributed by atoms with Crippen LogP contribution in [-0.2, 0) is 11.2 Å². The highest BCUT2D eigenvalue weighted by Gasteiger charge is 1.98. The van der Waals surface area contributed by atoms with Crippen molar-refractivity contribution < 1.29 is 9.18 Å². The first-order chi connectivity index (χ1) is 6.72. The minimum atomic E-state index is -0.213. The third-order valence-corrected chi connectivity index (χ3v) is 2.08. The Bertz CT molecular complexity index is 284. The normalized spacial score (nSPS) is 10.5. The third kappa shape index (κ3) is 3.66. The molecule has 0 N–H and O–H groups in total. The van der Waals surface area contributed by atoms with Gasteiger partial charge in [0, 0.05) is 6.54 Å². The molecule has 0 bridgehead atoms. The Morgan fingerprint density at radius 1 is 1.36 bits per heavy atom. The molecule has 0 radical (unpaired) electrons. The van der Waals surface area contributed by atoms with E-state index in [1.54, 1.807) is 12.1 Å². The molecular formula is C11H14FNO. The first kappa shape index (κ1) is 10.9. The lowest BCUT2D eigenvalue weighted by Gasteiger charge is -2.12. The summed E-state index contributed by atoms with van der Waals surface area (Å²) in [5.41, 5.74) is 1.09. The van der Waals surface area contributed by atoms with Gasteiger partial charge in [0.1, 0.15) is 12.1 Å². The van der Waals surface area contributed by atoms with Crippen LogP contribution in [0.25, 0.3) is 0 Å². The van der Waals surface area contributed by atoms with E-state index in [2.05, 4.69) is 0 Å². The van der Waals surface area contributed by atoms with E-state index in [1.165, 1.54) is 12.1 Å². The highest BCUT2D eigenvalue weighted by atomic mass is 19.1. The number of nitrogens with zero attached hydrogens (tertiary/aromatic N) is 1. The summed E-state index contributed by atoms with van der Waals surface area (Å²) in [7, 11) is 1.89. The summed E-state index contributed by atoms with van der Waals surface area (Å²) in [6.45, 7) is 1.26. The van der Waals surface area contributed by atoms with Gasteiger partial charge >= 0.3 is 0 Å². The summed E-state index contributed by atoms with van der Waals surface area (Å²) in [4.78, 5) is 12.1. The van der Waals surface area contributed by atoms with Crippen molar-refractivity contribution >= 4 is 6.29 Å². The lowest BCUT2D eigenvalue weighted by atomic mass is 10.1. The topological polar surface area (TPSA) is 20.3 Å². The average Bonchev–Trinajstić information content (AvgIpc) is 2.17. The van der Waals surface area contributed by atoms with Crippen molar-refractivity contribution in [3.8, 4) is 0 Å². The second-order valence-electron chi connectivity index (χ2n) is 3.31. The predicted octanol–water partition coefficient (Wildman–Crippen LogP) is 1.50. The summed E-state index contributed by atoms with van der Waals surface area (Å²) in [6, 6.07) is 6.44. The molecule has 14 heavy (non-hydrogen) atoms. The van der Waals surface area contributed by atoms with Crippen molar-refractivity contribution in [1.29, 1.82) is 0 Å². The number of halogens is 1. The van der Waals surface area contributed by atoms with Gasteiger partial charge in [-0.15, -0.1) is 0 Å². The Morgan fingerprint density at radius 2 is 2.00 bits per heavy atom. The van der Waals surface area contributed by atoms with E-state index in [1.807, 2.05) is 11.9 Å². The zero-order valence-electron chi connectivity index (χ0n) is 8.24. The first-order valence-electron chi connectivity index (χ1n) is 4.59. The maximum atomic E-state index is 12.5. The summed E-state index contributed by atoms with van der Waals surface area (Å²) < 4.78 is 12.5. The number of carbonyl (C=O) groups is 1.